The van der Waals surface area contributed by atoms with Crippen molar-refractivity contribution in [1.82, 2.24) is 0 Å². The molecule has 3 nitrogen and oxygen atoms in total. The number of rotatable bonds is 4. The van der Waals surface area contributed by atoms with Crippen molar-refractivity contribution in [3.05, 3.63) is 52.8 Å². The topological polar surface area (TPSA) is 50.4 Å². The number of hydrogen-bond acceptors (Lipinski definition) is 3. The maximum Gasteiger partial charge on any atom is 0.135 e. The lowest BCUT2D eigenvalue weighted by Gasteiger charge is -2.30. The van der Waals surface area contributed by atoms with E-state index in [1.54, 1.807) is 12.1 Å². The third-order valence-electron chi connectivity index (χ3n) is 7.86. The normalized spacial score (nSPS) is 23.0. The van der Waals surface area contributed by atoms with Crippen LogP contribution in [0.4, 0.5) is 15.8 Å². The van der Waals surface area contributed by atoms with Crippen LogP contribution in [-0.2, 0) is 6.42 Å². The molecule has 0 aromatic heterocycles. The molecule has 32 heavy (non-hydrogen) atoms. The Hall–Kier alpha value is -2.62. The molecular formula is C28H34FN3. The lowest BCUT2D eigenvalue weighted by atomic mass is 9.77. The van der Waals surface area contributed by atoms with Crippen LogP contribution in [-0.4, -0.2) is 12.8 Å². The van der Waals surface area contributed by atoms with Crippen molar-refractivity contribution < 1.29 is 4.39 Å². The molecule has 2 aromatic rings. The molecule has 3 aliphatic rings. The van der Waals surface area contributed by atoms with E-state index in [9.17, 15) is 0 Å². The Morgan fingerprint density at radius 2 is 2.03 bits per heavy atom. The number of nitrogens with one attached hydrogen (secondary N) is 1. The molecule has 5 rings (SSSR count). The molecule has 1 fully saturated rings. The van der Waals surface area contributed by atoms with Crippen LogP contribution in [0.1, 0.15) is 75.0 Å². The summed E-state index contributed by atoms with van der Waals surface area (Å²) in [6, 6.07) is 8.22. The van der Waals surface area contributed by atoms with Gasteiger partial charge in [0.2, 0.25) is 0 Å². The maximum atomic E-state index is 15.3. The average molecular weight is 432 g/mol. The molecule has 1 saturated carbocycles. The minimum atomic E-state index is -0.266. The van der Waals surface area contributed by atoms with E-state index in [0.717, 1.165) is 47.8 Å². The number of nitrogens with zero attached hydrogens (tertiary/aromatic N) is 1. The first-order valence-corrected chi connectivity index (χ1v) is 12.3. The predicted molar refractivity (Wildman–Crippen MR) is 133 cm³/mol. The average Bonchev–Trinajstić information content (AvgIpc) is 3.26. The molecule has 2 aromatic carbocycles. The van der Waals surface area contributed by atoms with Crippen LogP contribution in [0.15, 0.2) is 35.3 Å². The van der Waals surface area contributed by atoms with Crippen molar-refractivity contribution >= 4 is 23.3 Å². The zero-order valence-corrected chi connectivity index (χ0v) is 19.3. The van der Waals surface area contributed by atoms with E-state index < -0.39 is 0 Å². The van der Waals surface area contributed by atoms with Gasteiger partial charge >= 0.3 is 0 Å². The summed E-state index contributed by atoms with van der Waals surface area (Å²) in [6.07, 6.45) is 12.8. The number of nitrogens with two attached hydrogens (primary N) is 1. The fourth-order valence-corrected chi connectivity index (χ4v) is 5.97. The van der Waals surface area contributed by atoms with Gasteiger partial charge in [-0.15, -0.1) is 0 Å². The van der Waals surface area contributed by atoms with Gasteiger partial charge in [0.1, 0.15) is 5.82 Å². The number of halogens is 1. The minimum Gasteiger partial charge on any atom is -0.398 e. The number of anilines is 1. The summed E-state index contributed by atoms with van der Waals surface area (Å²) in [4.78, 5) is 4.89. The molecule has 0 bridgehead atoms. The number of benzene rings is 2. The Balaban J connectivity index is 1.53. The second kappa shape index (κ2) is 8.73. The van der Waals surface area contributed by atoms with Crippen LogP contribution in [0.25, 0.3) is 16.8 Å². The molecule has 0 amide bonds. The summed E-state index contributed by atoms with van der Waals surface area (Å²) >= 11 is 0. The molecular weight excluding hydrogens is 397 g/mol. The first kappa shape index (κ1) is 21.2. The lowest BCUT2D eigenvalue weighted by Crippen LogP contribution is -2.23. The Bertz CT molecular complexity index is 1080. The molecule has 2 atom stereocenters. The third kappa shape index (κ3) is 3.64. The van der Waals surface area contributed by atoms with E-state index >= 15 is 4.39 Å². The number of aliphatic imine (C=N–C) groups is 1. The standard InChI is InChI=1S/C28H34FN3/c1-3-17-15-32-28-26(17)22(14-23(29)27(28)24(30)4-2)19-10-11-20-12-21(16-31-25(20)13-19)18-8-6-5-7-9-18/h4,10-11,13-14,16-18,21,32H,3,5-9,12,15,30H2,1-2H3/b24-4-. The fraction of sp³-hybridized carbons (Fsp3) is 0.464. The van der Waals surface area contributed by atoms with Gasteiger partial charge in [0.15, 0.2) is 0 Å². The highest BCUT2D eigenvalue weighted by atomic mass is 19.1. The summed E-state index contributed by atoms with van der Waals surface area (Å²) < 4.78 is 15.3. The summed E-state index contributed by atoms with van der Waals surface area (Å²) in [5, 5.41) is 3.45. The van der Waals surface area contributed by atoms with E-state index in [0.29, 0.717) is 23.1 Å². The molecule has 0 radical (unpaired) electrons. The van der Waals surface area contributed by atoms with Crippen molar-refractivity contribution in [2.45, 2.75) is 64.7 Å². The predicted octanol–water partition coefficient (Wildman–Crippen LogP) is 7.19. The van der Waals surface area contributed by atoms with Crippen LogP contribution >= 0.6 is 0 Å². The van der Waals surface area contributed by atoms with Gasteiger partial charge in [-0.25, -0.2) is 4.39 Å². The maximum absolute atomic E-state index is 15.3. The molecule has 0 saturated heterocycles. The third-order valence-corrected chi connectivity index (χ3v) is 7.86. The molecule has 2 aliphatic heterocycles. The minimum absolute atomic E-state index is 0.266. The van der Waals surface area contributed by atoms with Crippen molar-refractivity contribution in [3.63, 3.8) is 0 Å². The molecule has 2 unspecified atom stereocenters. The quantitative estimate of drug-likeness (QED) is 0.538. The second-order valence-corrected chi connectivity index (χ2v) is 9.69. The van der Waals surface area contributed by atoms with Gasteiger partial charge in [0.05, 0.1) is 16.9 Å². The van der Waals surface area contributed by atoms with Gasteiger partial charge in [-0.1, -0.05) is 44.4 Å². The SMILES string of the molecule is C/C=C(\N)c1c(F)cc(-c2ccc3c(c2)N=CC(C2CCCCC2)C3)c2c1NCC2CC. The van der Waals surface area contributed by atoms with Crippen molar-refractivity contribution in [2.24, 2.45) is 22.6 Å². The molecule has 3 N–H and O–H groups in total. The molecule has 4 heteroatoms. The monoisotopic (exact) mass is 431 g/mol. The number of fused-ring (bicyclic) bond motifs is 2. The Morgan fingerprint density at radius 1 is 1.22 bits per heavy atom. The second-order valence-electron chi connectivity index (χ2n) is 9.69. The van der Waals surface area contributed by atoms with E-state index in [1.807, 2.05) is 6.92 Å². The highest BCUT2D eigenvalue weighted by Crippen LogP contribution is 2.46. The van der Waals surface area contributed by atoms with E-state index in [4.69, 9.17) is 10.7 Å². The lowest BCUT2D eigenvalue weighted by molar-refractivity contribution is 0.300. The highest BCUT2D eigenvalue weighted by molar-refractivity contribution is 5.87. The van der Waals surface area contributed by atoms with Gasteiger partial charge in [-0.05, 0) is 72.9 Å². The van der Waals surface area contributed by atoms with Crippen LogP contribution in [0.3, 0.4) is 0 Å². The largest absolute Gasteiger partial charge is 0.398 e. The summed E-state index contributed by atoms with van der Waals surface area (Å²) in [7, 11) is 0. The van der Waals surface area contributed by atoms with E-state index in [2.05, 4.69) is 36.7 Å². The first-order valence-electron chi connectivity index (χ1n) is 12.3. The summed E-state index contributed by atoms with van der Waals surface area (Å²) in [6.45, 7) is 4.86. The Morgan fingerprint density at radius 3 is 2.78 bits per heavy atom. The van der Waals surface area contributed by atoms with Gasteiger partial charge in [-0.2, -0.15) is 0 Å². The molecule has 0 spiro atoms. The zero-order valence-electron chi connectivity index (χ0n) is 19.3. The van der Waals surface area contributed by atoms with Gasteiger partial charge in [0, 0.05) is 30.3 Å². The molecule has 1 aliphatic carbocycles. The fourth-order valence-electron chi connectivity index (χ4n) is 5.97. The van der Waals surface area contributed by atoms with Crippen LogP contribution in [0.5, 0.6) is 0 Å². The van der Waals surface area contributed by atoms with Crippen molar-refractivity contribution in [1.29, 1.82) is 0 Å². The van der Waals surface area contributed by atoms with Gasteiger partial charge < -0.3 is 11.1 Å². The smallest absolute Gasteiger partial charge is 0.135 e. The molecule has 2 heterocycles. The van der Waals surface area contributed by atoms with Crippen LogP contribution < -0.4 is 11.1 Å². The van der Waals surface area contributed by atoms with Crippen LogP contribution in [0.2, 0.25) is 0 Å². The van der Waals surface area contributed by atoms with Crippen LogP contribution in [0, 0.1) is 17.7 Å². The van der Waals surface area contributed by atoms with E-state index in [-0.39, 0.29) is 5.82 Å². The highest BCUT2D eigenvalue weighted by Gasteiger charge is 2.31. The van der Waals surface area contributed by atoms with Crippen molar-refractivity contribution in [2.75, 3.05) is 11.9 Å². The van der Waals surface area contributed by atoms with E-state index in [1.165, 1.54) is 43.2 Å². The zero-order chi connectivity index (χ0) is 22.2. The number of hydrogen-bond donors (Lipinski definition) is 2. The Kier molecular flexibility index (Phi) is 5.79. The summed E-state index contributed by atoms with van der Waals surface area (Å²) in [5.74, 6) is 1.42. The molecule has 168 valence electrons. The van der Waals surface area contributed by atoms with Gasteiger partial charge in [0.25, 0.3) is 0 Å². The summed E-state index contributed by atoms with van der Waals surface area (Å²) in [5.41, 5.74) is 13.6. The number of allylic oxidation sites excluding steroid dienone is 1. The van der Waals surface area contributed by atoms with Gasteiger partial charge in [-0.3, -0.25) is 4.99 Å². The first-order chi connectivity index (χ1) is 15.6. The Labute approximate surface area is 191 Å². The van der Waals surface area contributed by atoms with Crippen molar-refractivity contribution in [3.8, 4) is 11.1 Å².